The highest BCUT2D eigenvalue weighted by atomic mass is 79.9. The maximum atomic E-state index is 4.45. The highest BCUT2D eigenvalue weighted by Crippen LogP contribution is 2.19. The van der Waals surface area contributed by atoms with Gasteiger partial charge in [0.1, 0.15) is 0 Å². The van der Waals surface area contributed by atoms with Gasteiger partial charge in [0.2, 0.25) is 0 Å². The Bertz CT molecular complexity index is 444. The molecule has 2 aromatic heterocycles. The molecule has 0 amide bonds. The Labute approximate surface area is 97.1 Å². The van der Waals surface area contributed by atoms with Crippen molar-refractivity contribution in [1.29, 1.82) is 0 Å². The number of aromatic nitrogens is 4. The van der Waals surface area contributed by atoms with Gasteiger partial charge in [-0.1, -0.05) is 0 Å². The Kier molecular flexibility index (Phi) is 2.90. The zero-order valence-electron chi connectivity index (χ0n) is 8.81. The van der Waals surface area contributed by atoms with Crippen LogP contribution in [-0.4, -0.2) is 19.3 Å². The van der Waals surface area contributed by atoms with E-state index in [0.717, 1.165) is 23.3 Å². The molecule has 15 heavy (non-hydrogen) atoms. The van der Waals surface area contributed by atoms with E-state index in [2.05, 4.69) is 32.9 Å². The molecule has 0 unspecified atom stereocenters. The van der Waals surface area contributed by atoms with Gasteiger partial charge >= 0.3 is 0 Å². The monoisotopic (exact) mass is 268 g/mol. The molecular weight excluding hydrogens is 256 g/mol. The minimum atomic E-state index is 0.870. The minimum Gasteiger partial charge on any atom is -0.336 e. The average molecular weight is 269 g/mol. The Morgan fingerprint density at radius 3 is 2.67 bits per heavy atom. The molecule has 5 heteroatoms. The van der Waals surface area contributed by atoms with Crippen LogP contribution in [0.1, 0.15) is 11.4 Å². The Balaban J connectivity index is 2.08. The third kappa shape index (κ3) is 2.12. The summed E-state index contributed by atoms with van der Waals surface area (Å²) in [5, 5.41) is 4.45. The number of rotatable bonds is 3. The molecule has 0 fully saturated rings. The second kappa shape index (κ2) is 4.18. The van der Waals surface area contributed by atoms with Crippen molar-refractivity contribution in [1.82, 2.24) is 19.3 Å². The Morgan fingerprint density at radius 2 is 2.13 bits per heavy atom. The minimum absolute atomic E-state index is 0.870. The van der Waals surface area contributed by atoms with E-state index in [0.29, 0.717) is 0 Å². The van der Waals surface area contributed by atoms with Gasteiger partial charge in [0.05, 0.1) is 23.0 Å². The van der Waals surface area contributed by atoms with Crippen molar-refractivity contribution >= 4 is 15.9 Å². The first-order valence-corrected chi connectivity index (χ1v) is 5.63. The van der Waals surface area contributed by atoms with E-state index in [-0.39, 0.29) is 0 Å². The molecule has 2 rings (SSSR count). The predicted molar refractivity (Wildman–Crippen MR) is 61.6 cm³/mol. The maximum Gasteiger partial charge on any atom is 0.0946 e. The average Bonchev–Trinajstić information content (AvgIpc) is 2.80. The number of halogens is 1. The molecule has 2 aromatic rings. The van der Waals surface area contributed by atoms with Crippen molar-refractivity contribution < 1.29 is 0 Å². The van der Waals surface area contributed by atoms with Crippen LogP contribution in [-0.2, 0) is 13.1 Å². The summed E-state index contributed by atoms with van der Waals surface area (Å²) in [6, 6.07) is 0. The standard InChI is InChI=1S/C10H13BrN4/c1-8-10(11)9(2)15(13-8)6-5-14-4-3-12-7-14/h3-4,7H,5-6H2,1-2H3. The van der Waals surface area contributed by atoms with Crippen LogP contribution in [0.25, 0.3) is 0 Å². The van der Waals surface area contributed by atoms with Crippen LogP contribution in [0, 0.1) is 13.8 Å². The summed E-state index contributed by atoms with van der Waals surface area (Å²) in [4.78, 5) is 4.00. The summed E-state index contributed by atoms with van der Waals surface area (Å²) in [6.07, 6.45) is 5.57. The van der Waals surface area contributed by atoms with E-state index in [1.54, 1.807) is 6.20 Å². The topological polar surface area (TPSA) is 35.6 Å². The van der Waals surface area contributed by atoms with Gasteiger partial charge in [0, 0.05) is 24.6 Å². The second-order valence-electron chi connectivity index (χ2n) is 3.51. The Morgan fingerprint density at radius 1 is 1.33 bits per heavy atom. The molecule has 0 aliphatic carbocycles. The summed E-state index contributed by atoms with van der Waals surface area (Å²) in [5.41, 5.74) is 2.21. The zero-order valence-corrected chi connectivity index (χ0v) is 10.4. The highest BCUT2D eigenvalue weighted by molar-refractivity contribution is 9.10. The van der Waals surface area contributed by atoms with Gasteiger partial charge in [0.15, 0.2) is 0 Å². The van der Waals surface area contributed by atoms with Crippen LogP contribution in [0.5, 0.6) is 0 Å². The van der Waals surface area contributed by atoms with Gasteiger partial charge in [-0.15, -0.1) is 0 Å². The first-order valence-electron chi connectivity index (χ1n) is 4.83. The third-order valence-corrected chi connectivity index (χ3v) is 3.57. The number of hydrogen-bond acceptors (Lipinski definition) is 2. The molecule has 0 bridgehead atoms. The molecule has 0 aromatic carbocycles. The number of nitrogens with zero attached hydrogens (tertiary/aromatic N) is 4. The first-order chi connectivity index (χ1) is 7.18. The second-order valence-corrected chi connectivity index (χ2v) is 4.30. The van der Waals surface area contributed by atoms with Crippen molar-refractivity contribution in [3.8, 4) is 0 Å². The van der Waals surface area contributed by atoms with E-state index in [9.17, 15) is 0 Å². The maximum absolute atomic E-state index is 4.45. The summed E-state index contributed by atoms with van der Waals surface area (Å²) in [5.74, 6) is 0. The largest absolute Gasteiger partial charge is 0.336 e. The van der Waals surface area contributed by atoms with E-state index in [1.807, 2.05) is 28.7 Å². The van der Waals surface area contributed by atoms with E-state index in [1.165, 1.54) is 5.69 Å². The summed E-state index contributed by atoms with van der Waals surface area (Å²) in [6.45, 7) is 5.84. The molecule has 80 valence electrons. The molecule has 0 aliphatic heterocycles. The first kappa shape index (κ1) is 10.4. The number of hydrogen-bond donors (Lipinski definition) is 0. The lowest BCUT2D eigenvalue weighted by Gasteiger charge is -2.04. The van der Waals surface area contributed by atoms with Crippen LogP contribution >= 0.6 is 15.9 Å². The normalized spacial score (nSPS) is 10.9. The van der Waals surface area contributed by atoms with Crippen molar-refractivity contribution in [3.05, 3.63) is 34.6 Å². The summed E-state index contributed by atoms with van der Waals surface area (Å²) < 4.78 is 5.16. The third-order valence-electron chi connectivity index (χ3n) is 2.42. The molecule has 0 saturated carbocycles. The van der Waals surface area contributed by atoms with Crippen LogP contribution in [0.4, 0.5) is 0 Å². The fraction of sp³-hybridized carbons (Fsp3) is 0.400. The molecule has 0 aliphatic rings. The molecule has 0 radical (unpaired) electrons. The molecule has 0 spiro atoms. The lowest BCUT2D eigenvalue weighted by atomic mass is 10.4. The molecule has 0 saturated heterocycles. The smallest absolute Gasteiger partial charge is 0.0946 e. The summed E-state index contributed by atoms with van der Waals surface area (Å²) >= 11 is 3.52. The van der Waals surface area contributed by atoms with Crippen molar-refractivity contribution in [2.75, 3.05) is 0 Å². The van der Waals surface area contributed by atoms with E-state index < -0.39 is 0 Å². The van der Waals surface area contributed by atoms with Gasteiger partial charge in [0.25, 0.3) is 0 Å². The van der Waals surface area contributed by atoms with Crippen LogP contribution < -0.4 is 0 Å². The van der Waals surface area contributed by atoms with Crippen LogP contribution in [0.15, 0.2) is 23.2 Å². The molecule has 0 atom stereocenters. The van der Waals surface area contributed by atoms with Gasteiger partial charge in [-0.05, 0) is 29.8 Å². The molecule has 2 heterocycles. The quantitative estimate of drug-likeness (QED) is 0.856. The number of aryl methyl sites for hydroxylation is 3. The number of imidazole rings is 1. The van der Waals surface area contributed by atoms with Crippen molar-refractivity contribution in [2.45, 2.75) is 26.9 Å². The lowest BCUT2D eigenvalue weighted by molar-refractivity contribution is 0.520. The predicted octanol–water partition coefficient (Wildman–Crippen LogP) is 2.16. The lowest BCUT2D eigenvalue weighted by Crippen LogP contribution is -2.08. The van der Waals surface area contributed by atoms with Crippen molar-refractivity contribution in [2.24, 2.45) is 0 Å². The molecular formula is C10H13BrN4. The van der Waals surface area contributed by atoms with Crippen LogP contribution in [0.3, 0.4) is 0 Å². The van der Waals surface area contributed by atoms with Gasteiger partial charge in [-0.2, -0.15) is 5.10 Å². The van der Waals surface area contributed by atoms with Gasteiger partial charge in [-0.3, -0.25) is 4.68 Å². The van der Waals surface area contributed by atoms with E-state index in [4.69, 9.17) is 0 Å². The van der Waals surface area contributed by atoms with Crippen molar-refractivity contribution in [3.63, 3.8) is 0 Å². The SMILES string of the molecule is Cc1nn(CCn2ccnc2)c(C)c1Br. The van der Waals surface area contributed by atoms with Gasteiger partial charge < -0.3 is 4.57 Å². The fourth-order valence-electron chi connectivity index (χ4n) is 1.52. The highest BCUT2D eigenvalue weighted by Gasteiger charge is 2.07. The zero-order chi connectivity index (χ0) is 10.8. The summed E-state index contributed by atoms with van der Waals surface area (Å²) in [7, 11) is 0. The van der Waals surface area contributed by atoms with E-state index >= 15 is 0 Å². The molecule has 0 N–H and O–H groups in total. The fourth-order valence-corrected chi connectivity index (χ4v) is 1.81. The van der Waals surface area contributed by atoms with Crippen LogP contribution in [0.2, 0.25) is 0 Å². The molecule has 4 nitrogen and oxygen atoms in total. The Hall–Kier alpha value is -1.10. The van der Waals surface area contributed by atoms with Gasteiger partial charge in [-0.25, -0.2) is 4.98 Å².